The van der Waals surface area contributed by atoms with Gasteiger partial charge < -0.3 is 5.11 Å². The summed E-state index contributed by atoms with van der Waals surface area (Å²) in [5, 5.41) is 9.56. The molecule has 0 amide bonds. The molecule has 0 aromatic heterocycles. The molecule has 5 aliphatic rings. The minimum absolute atomic E-state index is 0.0169. The maximum Gasteiger partial charge on any atom is 0.306 e. The Morgan fingerprint density at radius 1 is 1.15 bits per heavy atom. The summed E-state index contributed by atoms with van der Waals surface area (Å²) in [7, 11) is 0. The molecule has 4 saturated carbocycles. The Morgan fingerprint density at radius 3 is 2.70 bits per heavy atom. The molecule has 1 N–H and O–H groups in total. The molecule has 4 bridgehead atoms. The van der Waals surface area contributed by atoms with Gasteiger partial charge in [0.1, 0.15) is 0 Å². The topological polar surface area (TPSA) is 37.3 Å². The van der Waals surface area contributed by atoms with Gasteiger partial charge in [0.2, 0.25) is 0 Å². The maximum atomic E-state index is 11.6. The van der Waals surface area contributed by atoms with Crippen LogP contribution in [0.4, 0.5) is 0 Å². The van der Waals surface area contributed by atoms with Crippen molar-refractivity contribution in [3.8, 4) is 0 Å². The summed E-state index contributed by atoms with van der Waals surface area (Å²) >= 11 is 0. The van der Waals surface area contributed by atoms with Gasteiger partial charge in [0, 0.05) is 0 Å². The van der Waals surface area contributed by atoms with Crippen LogP contribution in [0.1, 0.15) is 44.9 Å². The average molecular weight is 272 g/mol. The molecule has 8 atom stereocenters. The fraction of sp³-hybridized carbons (Fsp3) is 0.833. The maximum absolute atomic E-state index is 11.6. The molecule has 4 fully saturated rings. The van der Waals surface area contributed by atoms with E-state index in [0.29, 0.717) is 11.3 Å². The molecule has 0 aromatic rings. The Kier molecular flexibility index (Phi) is 2.18. The first-order valence-corrected chi connectivity index (χ1v) is 8.60. The third kappa shape index (κ3) is 1.29. The number of carbonyl (C=O) groups is 1. The second kappa shape index (κ2) is 3.69. The van der Waals surface area contributed by atoms with Crippen molar-refractivity contribution >= 4 is 5.97 Å². The zero-order valence-electron chi connectivity index (χ0n) is 12.0. The van der Waals surface area contributed by atoms with Gasteiger partial charge in [-0.1, -0.05) is 12.2 Å². The van der Waals surface area contributed by atoms with Gasteiger partial charge in [-0.05, 0) is 85.9 Å². The Bertz CT molecular complexity index is 496. The number of hydrogen-bond acceptors (Lipinski definition) is 1. The van der Waals surface area contributed by atoms with E-state index in [1.165, 1.54) is 38.5 Å². The highest BCUT2D eigenvalue weighted by Gasteiger charge is 2.63. The molecule has 0 heterocycles. The molecule has 2 heteroatoms. The van der Waals surface area contributed by atoms with Gasteiger partial charge in [0.25, 0.3) is 0 Å². The lowest BCUT2D eigenvalue weighted by Gasteiger charge is -2.42. The molecule has 108 valence electrons. The molecule has 5 rings (SSSR count). The first-order chi connectivity index (χ1) is 9.68. The summed E-state index contributed by atoms with van der Waals surface area (Å²) in [6.45, 7) is 0. The SMILES string of the molecule is O=C(O)C1CCC2C3CC(C12)C(C12C=CC(CC1)C2)C3. The number of hydrogen-bond donors (Lipinski definition) is 1. The number of fused-ring (bicyclic) bond motifs is 7. The summed E-state index contributed by atoms with van der Waals surface area (Å²) in [5.74, 6) is 4.03. The van der Waals surface area contributed by atoms with Gasteiger partial charge in [-0.2, -0.15) is 0 Å². The fourth-order valence-electron chi connectivity index (χ4n) is 7.31. The summed E-state index contributed by atoms with van der Waals surface area (Å²) in [6.07, 6.45) is 14.1. The van der Waals surface area contributed by atoms with Crippen molar-refractivity contribution in [3.63, 3.8) is 0 Å². The van der Waals surface area contributed by atoms with Gasteiger partial charge >= 0.3 is 5.97 Å². The van der Waals surface area contributed by atoms with Crippen molar-refractivity contribution in [2.45, 2.75) is 44.9 Å². The van der Waals surface area contributed by atoms with Crippen molar-refractivity contribution in [2.24, 2.45) is 46.8 Å². The third-order valence-corrected chi connectivity index (χ3v) is 7.90. The summed E-state index contributed by atoms with van der Waals surface area (Å²) in [6, 6.07) is 0. The predicted molar refractivity (Wildman–Crippen MR) is 76.0 cm³/mol. The van der Waals surface area contributed by atoms with Crippen LogP contribution in [0.25, 0.3) is 0 Å². The van der Waals surface area contributed by atoms with Crippen molar-refractivity contribution in [3.05, 3.63) is 12.2 Å². The standard InChI is InChI=1S/C18H24O2/c19-17(20)13-2-1-12-11-7-14(16(12)13)15(8-11)18-5-3-10(9-18)4-6-18/h3,5,10-16H,1-2,4,6-9H2,(H,19,20). The molecular weight excluding hydrogens is 248 g/mol. The zero-order valence-corrected chi connectivity index (χ0v) is 12.0. The molecule has 0 spiro atoms. The summed E-state index contributed by atoms with van der Waals surface area (Å²) < 4.78 is 0. The minimum atomic E-state index is -0.507. The lowest BCUT2D eigenvalue weighted by molar-refractivity contribution is -0.144. The van der Waals surface area contributed by atoms with E-state index in [9.17, 15) is 9.90 Å². The highest BCUT2D eigenvalue weighted by molar-refractivity contribution is 5.71. The highest BCUT2D eigenvalue weighted by Crippen LogP contribution is 2.69. The van der Waals surface area contributed by atoms with Crippen LogP contribution in [0.5, 0.6) is 0 Å². The minimum Gasteiger partial charge on any atom is -0.481 e. The van der Waals surface area contributed by atoms with Crippen molar-refractivity contribution in [1.29, 1.82) is 0 Å². The van der Waals surface area contributed by atoms with Crippen LogP contribution in [-0.2, 0) is 4.79 Å². The lowest BCUT2D eigenvalue weighted by Crippen LogP contribution is -2.38. The molecule has 2 nitrogen and oxygen atoms in total. The van der Waals surface area contributed by atoms with Gasteiger partial charge in [-0.25, -0.2) is 0 Å². The molecule has 5 aliphatic carbocycles. The lowest BCUT2D eigenvalue weighted by atomic mass is 9.62. The van der Waals surface area contributed by atoms with E-state index in [4.69, 9.17) is 0 Å². The van der Waals surface area contributed by atoms with E-state index in [2.05, 4.69) is 12.2 Å². The molecule has 0 radical (unpaired) electrons. The monoisotopic (exact) mass is 272 g/mol. The number of carboxylic acid groups (broad SMARTS) is 1. The largest absolute Gasteiger partial charge is 0.481 e. The molecule has 8 unspecified atom stereocenters. The van der Waals surface area contributed by atoms with E-state index in [1.54, 1.807) is 0 Å². The van der Waals surface area contributed by atoms with E-state index in [-0.39, 0.29) is 5.92 Å². The summed E-state index contributed by atoms with van der Waals surface area (Å²) in [5.41, 5.74) is 0.487. The Balaban J connectivity index is 1.48. The van der Waals surface area contributed by atoms with Crippen molar-refractivity contribution in [1.82, 2.24) is 0 Å². The Labute approximate surface area is 120 Å². The predicted octanol–water partition coefficient (Wildman–Crippen LogP) is 3.73. The second-order valence-electron chi connectivity index (χ2n) is 8.36. The molecule has 0 saturated heterocycles. The normalized spacial score (nSPS) is 58.5. The zero-order chi connectivity index (χ0) is 13.5. The third-order valence-electron chi connectivity index (χ3n) is 7.90. The van der Waals surface area contributed by atoms with E-state index < -0.39 is 5.97 Å². The molecule has 0 aromatic carbocycles. The van der Waals surface area contributed by atoms with Gasteiger partial charge in [0.15, 0.2) is 0 Å². The van der Waals surface area contributed by atoms with E-state index in [1.807, 2.05) is 0 Å². The van der Waals surface area contributed by atoms with Crippen LogP contribution < -0.4 is 0 Å². The van der Waals surface area contributed by atoms with Crippen LogP contribution in [0, 0.1) is 46.8 Å². The molecular formula is C18H24O2. The van der Waals surface area contributed by atoms with Gasteiger partial charge in [-0.3, -0.25) is 4.79 Å². The smallest absolute Gasteiger partial charge is 0.306 e. The number of rotatable bonds is 2. The van der Waals surface area contributed by atoms with Crippen molar-refractivity contribution in [2.75, 3.05) is 0 Å². The van der Waals surface area contributed by atoms with Gasteiger partial charge in [-0.15, -0.1) is 0 Å². The Morgan fingerprint density at radius 2 is 2.05 bits per heavy atom. The van der Waals surface area contributed by atoms with Crippen LogP contribution in [0.15, 0.2) is 12.2 Å². The average Bonchev–Trinajstić information content (AvgIpc) is 3.21. The van der Waals surface area contributed by atoms with Crippen molar-refractivity contribution < 1.29 is 9.90 Å². The van der Waals surface area contributed by atoms with Crippen LogP contribution in [0.3, 0.4) is 0 Å². The molecule has 20 heavy (non-hydrogen) atoms. The Hall–Kier alpha value is -0.790. The van der Waals surface area contributed by atoms with E-state index in [0.717, 1.165) is 36.0 Å². The highest BCUT2D eigenvalue weighted by atomic mass is 16.4. The first kappa shape index (κ1) is 11.8. The summed E-state index contributed by atoms with van der Waals surface area (Å²) in [4.78, 5) is 11.6. The number of aliphatic carboxylic acids is 1. The van der Waals surface area contributed by atoms with Crippen LogP contribution in [-0.4, -0.2) is 11.1 Å². The second-order valence-corrected chi connectivity index (χ2v) is 8.36. The van der Waals surface area contributed by atoms with Crippen LogP contribution in [0.2, 0.25) is 0 Å². The number of carboxylic acids is 1. The quantitative estimate of drug-likeness (QED) is 0.778. The fourth-order valence-corrected chi connectivity index (χ4v) is 7.31. The van der Waals surface area contributed by atoms with Gasteiger partial charge in [0.05, 0.1) is 5.92 Å². The van der Waals surface area contributed by atoms with Crippen LogP contribution >= 0.6 is 0 Å². The number of allylic oxidation sites excluding steroid dienone is 2. The molecule has 0 aliphatic heterocycles. The van der Waals surface area contributed by atoms with E-state index >= 15 is 0 Å². The first-order valence-electron chi connectivity index (χ1n) is 8.60.